The number of hydrogen-bond donors (Lipinski definition) is 5. The number of nitrogens with one attached hydrogen (secondary N) is 3. The highest BCUT2D eigenvalue weighted by molar-refractivity contribution is 8.00. The van der Waals surface area contributed by atoms with Gasteiger partial charge in [-0.2, -0.15) is 5.26 Å². The van der Waals surface area contributed by atoms with E-state index in [4.69, 9.17) is 4.74 Å². The number of imide groups is 1. The van der Waals surface area contributed by atoms with Crippen molar-refractivity contribution >= 4 is 70.6 Å². The minimum atomic E-state index is -3.24. The Labute approximate surface area is 394 Å². The Hall–Kier alpha value is -8.00. The number of rotatable bonds is 16. The van der Waals surface area contributed by atoms with Gasteiger partial charge in [-0.05, 0) is 48.9 Å². The number of hydrogen-bond acceptors (Lipinski definition) is 15. The lowest BCUT2D eigenvalue weighted by molar-refractivity contribution is -0.255. The highest BCUT2D eigenvalue weighted by Gasteiger charge is 2.48. The largest absolute Gasteiger partial charge is 0.545 e. The molecule has 4 unspecified atom stereocenters. The number of ether oxygens (including phenoxy) is 1. The first-order valence-corrected chi connectivity index (χ1v) is 22.2. The molecule has 3 aliphatic heterocycles. The van der Waals surface area contributed by atoms with Gasteiger partial charge in [-0.25, -0.2) is 18.5 Å². The number of ketones is 1. The van der Waals surface area contributed by atoms with Crippen molar-refractivity contribution in [2.24, 2.45) is 5.92 Å². The number of anilines is 1. The Morgan fingerprint density at radius 1 is 1.03 bits per heavy atom. The third-order valence-electron chi connectivity index (χ3n) is 11.6. The molecule has 4 heterocycles. The molecule has 358 valence electrons. The zero-order valence-electron chi connectivity index (χ0n) is 36.2. The van der Waals surface area contributed by atoms with Gasteiger partial charge in [0.05, 0.1) is 41.8 Å². The Bertz CT molecular complexity index is 2800. The first-order valence-electron chi connectivity index (χ1n) is 21.1. The molecule has 2 aromatic carbocycles. The summed E-state index contributed by atoms with van der Waals surface area (Å²) in [4.78, 5) is 120. The van der Waals surface area contributed by atoms with Gasteiger partial charge < -0.3 is 45.7 Å². The van der Waals surface area contributed by atoms with E-state index in [9.17, 15) is 72.5 Å². The molecule has 6 amide bonds. The SMILES string of the molecule is C[C@H](NC(=O)c1ccnc(CNC(=O)CCC(=O)NC(CSC2CC(=O)N(c3ccc(C4c5ccc(O)cc5OC5=CC(=O)C=CC54)c(C(=O)[O-])c3)C2=O)C(=O)O)c1)C(=O)N1CC(F)(F)C[C@H]1C#N. The van der Waals surface area contributed by atoms with E-state index in [0.717, 1.165) is 22.7 Å². The lowest BCUT2D eigenvalue weighted by Crippen LogP contribution is -2.48. The minimum Gasteiger partial charge on any atom is -0.545 e. The molecule has 4 aliphatic rings. The fourth-order valence-electron chi connectivity index (χ4n) is 8.27. The summed E-state index contributed by atoms with van der Waals surface area (Å²) < 4.78 is 33.6. The number of aromatic nitrogens is 1. The van der Waals surface area contributed by atoms with Crippen molar-refractivity contribution in [2.75, 3.05) is 17.2 Å². The monoisotopic (exact) mass is 968 g/mol. The number of thioether (sulfide) groups is 1. The van der Waals surface area contributed by atoms with Gasteiger partial charge in [0.15, 0.2) is 5.78 Å². The van der Waals surface area contributed by atoms with E-state index in [0.29, 0.717) is 10.5 Å². The molecular formula is C46H40F2N7O13S-. The van der Waals surface area contributed by atoms with Crippen molar-refractivity contribution in [3.63, 3.8) is 0 Å². The molecule has 7 rings (SSSR count). The highest BCUT2D eigenvalue weighted by Crippen LogP contribution is 2.49. The van der Waals surface area contributed by atoms with Gasteiger partial charge in [-0.1, -0.05) is 18.2 Å². The molecule has 3 aromatic rings. The summed E-state index contributed by atoms with van der Waals surface area (Å²) in [6.07, 6.45) is 3.32. The predicted molar refractivity (Wildman–Crippen MR) is 233 cm³/mol. The van der Waals surface area contributed by atoms with E-state index in [1.54, 1.807) is 18.2 Å². The predicted octanol–water partition coefficient (Wildman–Crippen LogP) is 1.22. The first-order chi connectivity index (χ1) is 32.7. The fraction of sp³-hybridized carbons (Fsp3) is 0.326. The van der Waals surface area contributed by atoms with Crippen LogP contribution in [0, 0.1) is 17.2 Å². The number of carboxylic acids is 2. The standard InChI is InChI=1S/C46H41F2N7O13S/c1-22(42(62)54-21-46(47,48)17-26(54)18-49)52-41(61)23-10-11-50-24(12-23)19-51-37(58)8-9-38(59)53-33(45(66)67)20-69-36-16-39(60)55(43(36)63)25-2-5-29(32(13-25)44(64)65)40-30-6-3-27(56)14-34(30)68-35-15-28(57)4-7-31(35)40/h2-7,10-15,22,26,30,33,36,40,57H,8-9,16-17,19-21H2,1H3,(H,51,58)(H,52,61)(H,53,59)(H,64,65)(H,66,67)/p-1/t22-,26-,30?,33?,36?,40?/m0/s1. The third kappa shape index (κ3) is 10.9. The number of phenolic OH excluding ortho intramolecular Hbond substituents is 1. The molecule has 69 heavy (non-hydrogen) atoms. The van der Waals surface area contributed by atoms with E-state index < -0.39 is 114 Å². The molecule has 0 spiro atoms. The lowest BCUT2D eigenvalue weighted by Gasteiger charge is -2.36. The van der Waals surface area contributed by atoms with Crippen LogP contribution in [-0.2, 0) is 40.1 Å². The lowest BCUT2D eigenvalue weighted by atomic mass is 9.74. The zero-order chi connectivity index (χ0) is 49.9. The van der Waals surface area contributed by atoms with Crippen molar-refractivity contribution in [2.45, 2.75) is 74.4 Å². The third-order valence-corrected chi connectivity index (χ3v) is 12.9. The van der Waals surface area contributed by atoms with Gasteiger partial charge in [0.1, 0.15) is 35.4 Å². The molecule has 0 radical (unpaired) electrons. The molecule has 6 atom stereocenters. The second-order valence-corrected chi connectivity index (χ2v) is 17.7. The van der Waals surface area contributed by atoms with Crippen LogP contribution in [0.25, 0.3) is 0 Å². The van der Waals surface area contributed by atoms with Crippen LogP contribution in [0.3, 0.4) is 0 Å². The number of alkyl halides is 2. The summed E-state index contributed by atoms with van der Waals surface area (Å²) in [6.45, 7) is 0.116. The van der Waals surface area contributed by atoms with Crippen LogP contribution in [0.5, 0.6) is 11.5 Å². The molecular weight excluding hydrogens is 929 g/mol. The van der Waals surface area contributed by atoms with Crippen molar-refractivity contribution < 1.29 is 72.0 Å². The molecule has 0 saturated carbocycles. The number of carboxylic acid groups (broad SMARTS) is 2. The molecule has 5 N–H and O–H groups in total. The van der Waals surface area contributed by atoms with Crippen LogP contribution in [0.4, 0.5) is 14.5 Å². The van der Waals surface area contributed by atoms with Crippen molar-refractivity contribution in [1.82, 2.24) is 25.8 Å². The van der Waals surface area contributed by atoms with Crippen molar-refractivity contribution in [1.29, 1.82) is 5.26 Å². The molecule has 2 saturated heterocycles. The second-order valence-electron chi connectivity index (χ2n) is 16.4. The van der Waals surface area contributed by atoms with E-state index in [1.807, 2.05) is 0 Å². The van der Waals surface area contributed by atoms with E-state index >= 15 is 0 Å². The van der Waals surface area contributed by atoms with Crippen LogP contribution >= 0.6 is 11.8 Å². The van der Waals surface area contributed by atoms with E-state index in [-0.39, 0.29) is 69.8 Å². The number of likely N-dealkylation sites (tertiary alicyclic amines) is 1. The smallest absolute Gasteiger partial charge is 0.327 e. The first kappa shape index (κ1) is 48.9. The van der Waals surface area contributed by atoms with Gasteiger partial charge in [-0.3, -0.25) is 38.5 Å². The Kier molecular flexibility index (Phi) is 14.2. The number of nitrogens with zero attached hydrogens (tertiary/aromatic N) is 4. The molecule has 0 bridgehead atoms. The number of aromatic hydroxyl groups is 1. The molecule has 1 aromatic heterocycles. The number of aromatic carboxylic acids is 1. The number of fused-ring (bicyclic) bond motifs is 2. The van der Waals surface area contributed by atoms with Crippen LogP contribution in [0.2, 0.25) is 0 Å². The topological polar surface area (TPSA) is 306 Å². The molecule has 20 nitrogen and oxygen atoms in total. The number of aliphatic carboxylic acids is 1. The summed E-state index contributed by atoms with van der Waals surface area (Å²) >= 11 is 0.775. The second kappa shape index (κ2) is 20.1. The fourth-order valence-corrected chi connectivity index (χ4v) is 9.43. The summed E-state index contributed by atoms with van der Waals surface area (Å²) in [6, 6.07) is 8.27. The number of benzene rings is 2. The van der Waals surface area contributed by atoms with Crippen molar-refractivity contribution in [3.8, 4) is 17.6 Å². The summed E-state index contributed by atoms with van der Waals surface area (Å²) in [5.74, 6) is -12.8. The van der Waals surface area contributed by atoms with Crippen molar-refractivity contribution in [3.05, 3.63) is 107 Å². The molecule has 23 heteroatoms. The minimum absolute atomic E-state index is 0.0143. The van der Waals surface area contributed by atoms with Gasteiger partial charge in [0, 0.05) is 78.3 Å². The molecule has 1 aliphatic carbocycles. The normalized spacial score (nSPS) is 20.9. The van der Waals surface area contributed by atoms with Gasteiger partial charge in [0.25, 0.3) is 11.8 Å². The molecule has 2 fully saturated rings. The average Bonchev–Trinajstić information content (AvgIpc) is 3.79. The van der Waals surface area contributed by atoms with Crippen LogP contribution in [-0.4, -0.2) is 115 Å². The maximum Gasteiger partial charge on any atom is 0.327 e. The number of allylic oxidation sites excluding steroid dienone is 3. The quantitative estimate of drug-likeness (QED) is 0.126. The average molecular weight is 969 g/mol. The van der Waals surface area contributed by atoms with E-state index in [2.05, 4.69) is 20.9 Å². The number of carbonyl (C=O) groups excluding carboxylic acids is 8. The number of nitriles is 1. The van der Waals surface area contributed by atoms with E-state index in [1.165, 1.54) is 61.7 Å². The highest BCUT2D eigenvalue weighted by atomic mass is 32.2. The van der Waals surface area contributed by atoms with Crippen LogP contribution < -0.4 is 30.7 Å². The number of phenols is 1. The van der Waals surface area contributed by atoms with Crippen LogP contribution in [0.15, 0.2) is 78.7 Å². The van der Waals surface area contributed by atoms with Crippen LogP contribution in [0.1, 0.15) is 76.1 Å². The Morgan fingerprint density at radius 2 is 1.77 bits per heavy atom. The summed E-state index contributed by atoms with van der Waals surface area (Å²) in [5.41, 5.74) is 0.426. The zero-order valence-corrected chi connectivity index (χ0v) is 37.0. The Morgan fingerprint density at radius 3 is 2.49 bits per heavy atom. The number of halogens is 2. The maximum absolute atomic E-state index is 13.8. The number of carbonyl (C=O) groups is 9. The summed E-state index contributed by atoms with van der Waals surface area (Å²) in [7, 11) is 0. The number of amides is 6. The van der Waals surface area contributed by atoms with Gasteiger partial charge in [0.2, 0.25) is 29.5 Å². The summed E-state index contributed by atoms with van der Waals surface area (Å²) in [5, 5.41) is 47.9. The Balaban J connectivity index is 0.907. The number of pyridine rings is 1. The van der Waals surface area contributed by atoms with Gasteiger partial charge >= 0.3 is 5.97 Å². The van der Waals surface area contributed by atoms with Gasteiger partial charge in [-0.15, -0.1) is 11.8 Å². The maximum atomic E-state index is 13.8.